The zero-order valence-corrected chi connectivity index (χ0v) is 25.0. The van der Waals surface area contributed by atoms with Crippen LogP contribution in [0.4, 0.5) is 0 Å². The highest BCUT2D eigenvalue weighted by atomic mass is 16.6. The van der Waals surface area contributed by atoms with Gasteiger partial charge in [-0.1, -0.05) is 38.0 Å². The van der Waals surface area contributed by atoms with Gasteiger partial charge in [-0.2, -0.15) is 0 Å². The summed E-state index contributed by atoms with van der Waals surface area (Å²) in [4.78, 5) is 31.0. The van der Waals surface area contributed by atoms with Crippen molar-refractivity contribution in [1.29, 1.82) is 0 Å². The maximum atomic E-state index is 13.9. The number of likely N-dealkylation sites (tertiary alicyclic amines) is 1. The minimum Gasteiger partial charge on any atom is -0.493 e. The Labute approximate surface area is 243 Å². The first-order valence-corrected chi connectivity index (χ1v) is 14.8. The van der Waals surface area contributed by atoms with Gasteiger partial charge in [0.15, 0.2) is 11.5 Å². The molecule has 0 aromatic heterocycles. The average molecular weight is 557 g/mol. The van der Waals surface area contributed by atoms with Crippen LogP contribution in [-0.2, 0) is 26.2 Å². The van der Waals surface area contributed by atoms with Crippen LogP contribution in [0.25, 0.3) is 0 Å². The van der Waals surface area contributed by atoms with Gasteiger partial charge in [0.2, 0.25) is 0 Å². The first-order chi connectivity index (χ1) is 19.6. The molecule has 2 heterocycles. The van der Waals surface area contributed by atoms with E-state index in [4.69, 9.17) is 14.2 Å². The third-order valence-electron chi connectivity index (χ3n) is 9.74. The Balaban J connectivity index is 1.49. The van der Waals surface area contributed by atoms with E-state index in [1.54, 1.807) is 7.11 Å². The van der Waals surface area contributed by atoms with E-state index in [-0.39, 0.29) is 36.0 Å². The van der Waals surface area contributed by atoms with Crippen molar-refractivity contribution >= 4 is 11.9 Å². The van der Waals surface area contributed by atoms with Crippen LogP contribution in [0.5, 0.6) is 11.5 Å². The number of nitrogens with zero attached hydrogens (tertiary/aromatic N) is 2. The molecule has 2 aromatic rings. The highest BCUT2D eigenvalue weighted by Gasteiger charge is 2.75. The van der Waals surface area contributed by atoms with Crippen LogP contribution < -0.4 is 9.47 Å². The summed E-state index contributed by atoms with van der Waals surface area (Å²) in [5.41, 5.74) is 2.91. The number of methoxy groups -OCH3 is 1. The van der Waals surface area contributed by atoms with Gasteiger partial charge in [0.1, 0.15) is 11.7 Å². The van der Waals surface area contributed by atoms with Gasteiger partial charge in [-0.25, -0.2) is 0 Å². The smallest absolute Gasteiger partial charge is 0.303 e. The number of ether oxygens (including phenoxy) is 3. The molecule has 2 aliphatic carbocycles. The predicted octanol–water partition coefficient (Wildman–Crippen LogP) is 4.26. The van der Waals surface area contributed by atoms with Gasteiger partial charge in [0, 0.05) is 30.5 Å². The summed E-state index contributed by atoms with van der Waals surface area (Å²) in [6, 6.07) is 11.8. The summed E-state index contributed by atoms with van der Waals surface area (Å²) in [5.74, 6) is 7.24. The largest absolute Gasteiger partial charge is 0.493 e. The third kappa shape index (κ3) is 4.14. The van der Waals surface area contributed by atoms with E-state index < -0.39 is 11.0 Å². The number of carbonyl (C=O) groups excluding carboxylic acids is 2. The van der Waals surface area contributed by atoms with Gasteiger partial charge in [-0.15, -0.1) is 0 Å². The van der Waals surface area contributed by atoms with Gasteiger partial charge in [0.05, 0.1) is 24.6 Å². The quantitative estimate of drug-likeness (QED) is 0.405. The molecule has 0 unspecified atom stereocenters. The second-order valence-corrected chi connectivity index (χ2v) is 12.7. The molecule has 2 aromatic carbocycles. The first kappa shape index (κ1) is 27.7. The van der Waals surface area contributed by atoms with Crippen molar-refractivity contribution in [2.75, 3.05) is 27.2 Å². The second-order valence-electron chi connectivity index (χ2n) is 12.7. The van der Waals surface area contributed by atoms with Crippen LogP contribution >= 0.6 is 0 Å². The highest BCUT2D eigenvalue weighted by molar-refractivity contribution is 5.94. The Bertz CT molecular complexity index is 1460. The number of piperidine rings is 1. The molecule has 7 nitrogen and oxygen atoms in total. The lowest BCUT2D eigenvalue weighted by Crippen LogP contribution is -2.79. The summed E-state index contributed by atoms with van der Waals surface area (Å²) < 4.78 is 19.3. The molecule has 1 saturated heterocycles. The predicted molar refractivity (Wildman–Crippen MR) is 156 cm³/mol. The van der Waals surface area contributed by atoms with Gasteiger partial charge >= 0.3 is 5.97 Å². The fourth-order valence-corrected chi connectivity index (χ4v) is 8.31. The van der Waals surface area contributed by atoms with Crippen LogP contribution in [0, 0.1) is 24.7 Å². The molecular weight excluding hydrogens is 516 g/mol. The molecule has 5 atom stereocenters. The van der Waals surface area contributed by atoms with E-state index in [0.29, 0.717) is 25.1 Å². The number of benzene rings is 2. The van der Waals surface area contributed by atoms with Crippen molar-refractivity contribution in [2.45, 2.75) is 82.6 Å². The summed E-state index contributed by atoms with van der Waals surface area (Å²) >= 11 is 0. The van der Waals surface area contributed by atoms with Crippen molar-refractivity contribution < 1.29 is 23.8 Å². The molecular formula is C34H40N2O5. The third-order valence-corrected chi connectivity index (χ3v) is 9.74. The number of aryl methyl sites for hydroxylation is 1. The molecule has 1 saturated carbocycles. The van der Waals surface area contributed by atoms with E-state index in [9.17, 15) is 9.59 Å². The van der Waals surface area contributed by atoms with E-state index >= 15 is 0 Å². The first-order valence-electron chi connectivity index (χ1n) is 14.8. The fraction of sp³-hybridized carbons (Fsp3) is 0.529. The number of rotatable bonds is 5. The van der Waals surface area contributed by atoms with Gasteiger partial charge in [-0.05, 0) is 81.4 Å². The fourth-order valence-electron chi connectivity index (χ4n) is 8.31. The van der Waals surface area contributed by atoms with Gasteiger partial charge in [0.25, 0.3) is 5.91 Å². The highest BCUT2D eigenvalue weighted by Crippen LogP contribution is 2.67. The molecule has 2 aliphatic heterocycles. The van der Waals surface area contributed by atoms with Crippen molar-refractivity contribution in [3.8, 4) is 23.3 Å². The second kappa shape index (κ2) is 10.1. The monoisotopic (exact) mass is 556 g/mol. The molecule has 216 valence electrons. The SMILES string of the molecule is COc1ccc2c3c1O[C@H]1[C@H](N(CC(C)C)C(=O)C#Cc4cccc(C)c4)CC[C@@]4(OC(C)=O)[C@@H](C2)N(C)CC[C@]314. The summed E-state index contributed by atoms with van der Waals surface area (Å²) in [7, 11) is 3.79. The lowest BCUT2D eigenvalue weighted by Gasteiger charge is -2.65. The van der Waals surface area contributed by atoms with E-state index in [1.165, 1.54) is 12.5 Å². The lowest BCUT2D eigenvalue weighted by atomic mass is 9.48. The number of hydrogen-bond acceptors (Lipinski definition) is 6. The maximum Gasteiger partial charge on any atom is 0.303 e. The average Bonchev–Trinajstić information content (AvgIpc) is 3.28. The maximum absolute atomic E-state index is 13.9. The van der Waals surface area contributed by atoms with E-state index in [0.717, 1.165) is 41.8 Å². The minimum absolute atomic E-state index is 0.0226. The number of hydrogen-bond donors (Lipinski definition) is 0. The Kier molecular flexibility index (Phi) is 6.81. The van der Waals surface area contributed by atoms with Crippen LogP contribution in [0.2, 0.25) is 0 Å². The Morgan fingerprint density at radius 3 is 2.73 bits per heavy atom. The Morgan fingerprint density at radius 1 is 1.22 bits per heavy atom. The summed E-state index contributed by atoms with van der Waals surface area (Å²) in [6.45, 7) is 9.18. The van der Waals surface area contributed by atoms with Crippen molar-refractivity contribution in [3.05, 3.63) is 58.7 Å². The van der Waals surface area contributed by atoms with Crippen LogP contribution in [-0.4, -0.2) is 72.7 Å². The number of likely N-dealkylation sites (N-methyl/N-ethyl adjacent to an activating group) is 1. The molecule has 6 rings (SSSR count). The lowest BCUT2D eigenvalue weighted by molar-refractivity contribution is -0.221. The zero-order chi connectivity index (χ0) is 29.1. The molecule has 4 aliphatic rings. The topological polar surface area (TPSA) is 68.3 Å². The molecule has 1 spiro atoms. The standard InChI is InChI=1S/C34H40N2O5/c1-21(2)20-36(29(38)13-10-24-9-7-8-22(3)18-24)26-14-15-34(41-23(4)37)28-19-25-11-12-27(39-6)31-30(25)33(34,32(26)40-31)16-17-35(28)5/h7-9,11-12,18,21,26,28,32H,14-17,19-20H2,1-6H3/t26-,28-,32+,33+,34-/m1/s1. The Morgan fingerprint density at radius 2 is 2.02 bits per heavy atom. The van der Waals surface area contributed by atoms with Crippen LogP contribution in [0.15, 0.2) is 36.4 Å². The number of carbonyl (C=O) groups is 2. The summed E-state index contributed by atoms with van der Waals surface area (Å²) in [5, 5.41) is 0. The van der Waals surface area contributed by atoms with Crippen molar-refractivity contribution in [3.63, 3.8) is 0 Å². The molecule has 0 N–H and O–H groups in total. The Hall–Kier alpha value is -3.50. The van der Waals surface area contributed by atoms with Crippen molar-refractivity contribution in [2.24, 2.45) is 5.92 Å². The molecule has 2 fully saturated rings. The summed E-state index contributed by atoms with van der Waals surface area (Å²) in [6.07, 6.45) is 2.45. The van der Waals surface area contributed by atoms with E-state index in [1.807, 2.05) is 42.2 Å². The van der Waals surface area contributed by atoms with Gasteiger partial charge in [-0.3, -0.25) is 14.5 Å². The molecule has 1 amide bonds. The normalized spacial score (nSPS) is 29.1. The zero-order valence-electron chi connectivity index (χ0n) is 25.0. The number of esters is 1. The molecule has 0 radical (unpaired) electrons. The van der Waals surface area contributed by atoms with Crippen LogP contribution in [0.1, 0.15) is 62.3 Å². The van der Waals surface area contributed by atoms with E-state index in [2.05, 4.69) is 43.7 Å². The van der Waals surface area contributed by atoms with Crippen molar-refractivity contribution in [1.82, 2.24) is 9.80 Å². The molecule has 41 heavy (non-hydrogen) atoms. The molecule has 2 bridgehead atoms. The molecule has 7 heteroatoms. The minimum atomic E-state index is -0.753. The van der Waals surface area contributed by atoms with Gasteiger partial charge < -0.3 is 19.1 Å². The number of amides is 1. The van der Waals surface area contributed by atoms with Crippen LogP contribution in [0.3, 0.4) is 0 Å².